The summed E-state index contributed by atoms with van der Waals surface area (Å²) < 4.78 is 27.1. The predicted molar refractivity (Wildman–Crippen MR) is 130 cm³/mol. The van der Waals surface area contributed by atoms with Crippen molar-refractivity contribution in [2.45, 2.75) is 24.2 Å². The molecule has 1 N–H and O–H groups in total. The average molecular weight is 484 g/mol. The lowest BCUT2D eigenvalue weighted by molar-refractivity contribution is -0.132. The Morgan fingerprint density at radius 3 is 2.26 bits per heavy atom. The first-order valence-corrected chi connectivity index (χ1v) is 12.8. The molecule has 0 atom stereocenters. The Morgan fingerprint density at radius 1 is 0.912 bits per heavy atom. The van der Waals surface area contributed by atoms with Gasteiger partial charge in [0.15, 0.2) is 0 Å². The number of hydrogen-bond acceptors (Lipinski definition) is 6. The van der Waals surface area contributed by atoms with Gasteiger partial charge in [0.2, 0.25) is 21.8 Å². The molecule has 1 saturated heterocycles. The molecular weight excluding hydrogens is 454 g/mol. The van der Waals surface area contributed by atoms with Crippen LogP contribution in [0.2, 0.25) is 0 Å². The van der Waals surface area contributed by atoms with Crippen molar-refractivity contribution < 1.29 is 18.0 Å². The van der Waals surface area contributed by atoms with Gasteiger partial charge in [0, 0.05) is 51.1 Å². The monoisotopic (exact) mass is 483 g/mol. The molecule has 0 bridgehead atoms. The summed E-state index contributed by atoms with van der Waals surface area (Å²) in [5.74, 6) is -0.510. The number of nitrogens with one attached hydrogen (secondary N) is 1. The maximum atomic E-state index is 12.8. The smallest absolute Gasteiger partial charge is 0.243 e. The fraction of sp³-hybridized carbons (Fsp3) is 0.375. The van der Waals surface area contributed by atoms with Crippen LogP contribution in [0.3, 0.4) is 0 Å². The Labute approximate surface area is 200 Å². The molecule has 2 amide bonds. The highest BCUT2D eigenvalue weighted by molar-refractivity contribution is 7.89. The highest BCUT2D eigenvalue weighted by atomic mass is 32.2. The van der Waals surface area contributed by atoms with Crippen LogP contribution in [0.4, 0.5) is 5.69 Å². The van der Waals surface area contributed by atoms with Crippen LogP contribution in [-0.2, 0) is 19.6 Å². The van der Waals surface area contributed by atoms with E-state index in [9.17, 15) is 18.0 Å². The number of hydrazone groups is 1. The first kappa shape index (κ1) is 24.1. The van der Waals surface area contributed by atoms with Gasteiger partial charge in [-0.3, -0.25) is 9.59 Å². The molecule has 1 fully saturated rings. The molecule has 2 aliphatic heterocycles. The van der Waals surface area contributed by atoms with Crippen LogP contribution in [0.5, 0.6) is 0 Å². The fourth-order valence-electron chi connectivity index (χ4n) is 3.93. The highest BCUT2D eigenvalue weighted by Crippen LogP contribution is 2.20. The number of rotatable bonds is 7. The number of hydrogen-bond donors (Lipinski definition) is 1. The quantitative estimate of drug-likeness (QED) is 0.649. The summed E-state index contributed by atoms with van der Waals surface area (Å²) >= 11 is 0. The third-order valence-corrected chi connectivity index (χ3v) is 7.91. The summed E-state index contributed by atoms with van der Waals surface area (Å²) in [5.41, 5.74) is 2.35. The zero-order chi connectivity index (χ0) is 24.1. The van der Waals surface area contributed by atoms with E-state index in [0.717, 1.165) is 11.3 Å². The summed E-state index contributed by atoms with van der Waals surface area (Å²) in [5, 5.41) is 8.55. The van der Waals surface area contributed by atoms with Gasteiger partial charge in [-0.05, 0) is 36.9 Å². The number of benzene rings is 2. The van der Waals surface area contributed by atoms with Crippen LogP contribution in [0.1, 0.15) is 24.8 Å². The first-order valence-electron chi connectivity index (χ1n) is 11.3. The van der Waals surface area contributed by atoms with Gasteiger partial charge in [0.1, 0.15) is 0 Å². The molecule has 0 aliphatic carbocycles. The molecule has 0 unspecified atom stereocenters. The standard InChI is InChI=1S/C24H29N5O4S/c1-27-15-17-28(18-16-27)34(32,33)21-9-7-20(8-10-21)25-23(30)11-12-24(31)29-14-13-22(26-29)19-5-3-2-4-6-19/h2-10H,11-18H2,1H3,(H,25,30). The number of carbonyl (C=O) groups excluding carboxylic acids is 2. The van der Waals surface area contributed by atoms with E-state index >= 15 is 0 Å². The Bertz CT molecular complexity index is 1160. The van der Waals surface area contributed by atoms with Crippen LogP contribution in [0, 0.1) is 0 Å². The van der Waals surface area contributed by atoms with E-state index in [0.29, 0.717) is 44.8 Å². The maximum Gasteiger partial charge on any atom is 0.243 e. The molecular formula is C24H29N5O4S. The lowest BCUT2D eigenvalue weighted by Crippen LogP contribution is -2.46. The molecule has 9 nitrogen and oxygen atoms in total. The fourth-order valence-corrected chi connectivity index (χ4v) is 5.35. The van der Waals surface area contributed by atoms with Crippen LogP contribution >= 0.6 is 0 Å². The molecule has 180 valence electrons. The Balaban J connectivity index is 1.27. The summed E-state index contributed by atoms with van der Waals surface area (Å²) in [6.45, 7) is 2.82. The number of likely N-dealkylation sites (N-methyl/N-ethyl adjacent to an activating group) is 1. The van der Waals surface area contributed by atoms with E-state index in [2.05, 4.69) is 15.3 Å². The van der Waals surface area contributed by atoms with E-state index in [4.69, 9.17) is 0 Å². The number of carbonyl (C=O) groups is 2. The molecule has 2 aliphatic rings. The number of piperazine rings is 1. The van der Waals surface area contributed by atoms with Gasteiger partial charge in [0.05, 0.1) is 17.2 Å². The van der Waals surface area contributed by atoms with E-state index in [1.54, 1.807) is 12.1 Å². The predicted octanol–water partition coefficient (Wildman–Crippen LogP) is 1.98. The van der Waals surface area contributed by atoms with E-state index in [-0.39, 0.29) is 29.6 Å². The zero-order valence-electron chi connectivity index (χ0n) is 19.2. The SMILES string of the molecule is CN1CCN(S(=O)(=O)c2ccc(NC(=O)CCC(=O)N3CCC(c4ccccc4)=N3)cc2)CC1. The zero-order valence-corrected chi connectivity index (χ0v) is 20.0. The van der Waals surface area contributed by atoms with E-state index < -0.39 is 10.0 Å². The largest absolute Gasteiger partial charge is 0.326 e. The second-order valence-corrected chi connectivity index (χ2v) is 10.4. The van der Waals surface area contributed by atoms with Gasteiger partial charge in [0.25, 0.3) is 0 Å². The molecule has 0 spiro atoms. The molecule has 34 heavy (non-hydrogen) atoms. The normalized spacial score (nSPS) is 17.4. The van der Waals surface area contributed by atoms with Crippen molar-refractivity contribution in [2.24, 2.45) is 5.10 Å². The first-order chi connectivity index (χ1) is 16.3. The summed E-state index contributed by atoms with van der Waals surface area (Å²) in [7, 11) is -1.59. The molecule has 4 rings (SSSR count). The Morgan fingerprint density at radius 2 is 1.59 bits per heavy atom. The van der Waals surface area contributed by atoms with Crippen molar-refractivity contribution in [3.8, 4) is 0 Å². The van der Waals surface area contributed by atoms with Gasteiger partial charge in [-0.1, -0.05) is 30.3 Å². The molecule has 0 saturated carbocycles. The minimum Gasteiger partial charge on any atom is -0.326 e. The summed E-state index contributed by atoms with van der Waals surface area (Å²) in [4.78, 5) is 27.1. The van der Waals surface area contributed by atoms with Crippen LogP contribution in [-0.4, -0.2) is 79.9 Å². The van der Waals surface area contributed by atoms with Crippen molar-refractivity contribution in [3.63, 3.8) is 0 Å². The van der Waals surface area contributed by atoms with E-state index in [1.807, 2.05) is 37.4 Å². The number of sulfonamides is 1. The van der Waals surface area contributed by atoms with Crippen LogP contribution in [0.15, 0.2) is 64.6 Å². The van der Waals surface area contributed by atoms with E-state index in [1.165, 1.54) is 21.4 Å². The van der Waals surface area contributed by atoms with Gasteiger partial charge < -0.3 is 10.2 Å². The van der Waals surface area contributed by atoms with Gasteiger partial charge in [-0.25, -0.2) is 13.4 Å². The van der Waals surface area contributed by atoms with Crippen molar-refractivity contribution in [1.29, 1.82) is 0 Å². The highest BCUT2D eigenvalue weighted by Gasteiger charge is 2.27. The summed E-state index contributed by atoms with van der Waals surface area (Å²) in [6, 6.07) is 15.8. The van der Waals surface area contributed by atoms with Gasteiger partial charge in [-0.15, -0.1) is 0 Å². The molecule has 0 radical (unpaired) electrons. The molecule has 2 aromatic rings. The molecule has 2 heterocycles. The van der Waals surface area contributed by atoms with Crippen molar-refractivity contribution in [2.75, 3.05) is 45.1 Å². The second-order valence-electron chi connectivity index (χ2n) is 8.46. The van der Waals surface area contributed by atoms with Crippen molar-refractivity contribution >= 4 is 33.2 Å². The second kappa shape index (κ2) is 10.5. The minimum atomic E-state index is -3.55. The third kappa shape index (κ3) is 5.69. The van der Waals surface area contributed by atoms with Crippen LogP contribution < -0.4 is 5.32 Å². The van der Waals surface area contributed by atoms with Crippen molar-refractivity contribution in [1.82, 2.24) is 14.2 Å². The lowest BCUT2D eigenvalue weighted by atomic mass is 10.1. The number of amides is 2. The van der Waals surface area contributed by atoms with Gasteiger partial charge >= 0.3 is 0 Å². The maximum absolute atomic E-state index is 12.8. The molecule has 2 aromatic carbocycles. The lowest BCUT2D eigenvalue weighted by Gasteiger charge is -2.31. The molecule has 10 heteroatoms. The topological polar surface area (TPSA) is 102 Å². The number of nitrogens with zero attached hydrogens (tertiary/aromatic N) is 4. The Kier molecular flexibility index (Phi) is 7.40. The van der Waals surface area contributed by atoms with Crippen LogP contribution in [0.25, 0.3) is 0 Å². The van der Waals surface area contributed by atoms with Gasteiger partial charge in [-0.2, -0.15) is 9.41 Å². The third-order valence-electron chi connectivity index (χ3n) is 6.00. The Hall–Kier alpha value is -3.08. The number of anilines is 1. The average Bonchev–Trinajstić information content (AvgIpc) is 3.34. The molecule has 0 aromatic heterocycles. The van der Waals surface area contributed by atoms with Crippen molar-refractivity contribution in [3.05, 3.63) is 60.2 Å². The minimum absolute atomic E-state index is 0.0207. The summed E-state index contributed by atoms with van der Waals surface area (Å²) in [6.07, 6.45) is 0.755.